The smallest absolute Gasteiger partial charge is 0.132 e. The van der Waals surface area contributed by atoms with Crippen LogP contribution in [0.4, 0.5) is 0 Å². The van der Waals surface area contributed by atoms with Crippen molar-refractivity contribution in [2.24, 2.45) is 0 Å². The Morgan fingerprint density at radius 1 is 1.16 bits per heavy atom. The molecule has 2 aliphatic heterocycles. The Morgan fingerprint density at radius 3 is 2.68 bits per heavy atom. The number of aryl methyl sites for hydroxylation is 1. The third kappa shape index (κ3) is 2.93. The van der Waals surface area contributed by atoms with E-state index in [1.54, 1.807) is 0 Å². The second-order valence-corrected chi connectivity index (χ2v) is 7.67. The van der Waals surface area contributed by atoms with Crippen LogP contribution in [0.1, 0.15) is 37.0 Å². The van der Waals surface area contributed by atoms with Gasteiger partial charge < -0.3 is 9.84 Å². The van der Waals surface area contributed by atoms with E-state index in [0.717, 1.165) is 42.9 Å². The Kier molecular flexibility index (Phi) is 3.84. The van der Waals surface area contributed by atoms with Gasteiger partial charge in [-0.1, -0.05) is 30.3 Å². The number of hydrogen-bond acceptors (Lipinski definition) is 3. The number of hydrogen-bond donors (Lipinski definition) is 1. The fourth-order valence-electron chi connectivity index (χ4n) is 4.14. The molecule has 2 aromatic rings. The molecule has 3 nitrogen and oxygen atoms in total. The van der Waals surface area contributed by atoms with Crippen LogP contribution in [-0.4, -0.2) is 28.7 Å². The number of phenols is 1. The molecule has 0 radical (unpaired) electrons. The van der Waals surface area contributed by atoms with Crippen LogP contribution in [0.5, 0.6) is 11.5 Å². The molecule has 1 N–H and O–H groups in total. The monoisotopic (exact) mass is 335 g/mol. The zero-order valence-electron chi connectivity index (χ0n) is 15.2. The standard InChI is InChI=1S/C22H25NO2/c1-15-11-19(24)21-17-14-23(13-16-7-5-4-6-8-16)10-9-18(17)22(2,3)25-20(21)12-15/h4-8,11-12,24H,9-10,13-14H2,1-3H3. The van der Waals surface area contributed by atoms with Gasteiger partial charge in [-0.3, -0.25) is 4.90 Å². The number of benzene rings is 2. The number of fused-ring (bicyclic) bond motifs is 2. The van der Waals surface area contributed by atoms with Crippen LogP contribution in [-0.2, 0) is 6.54 Å². The quantitative estimate of drug-likeness (QED) is 0.875. The lowest BCUT2D eigenvalue weighted by atomic mass is 9.81. The molecule has 2 aromatic carbocycles. The zero-order valence-corrected chi connectivity index (χ0v) is 15.2. The van der Waals surface area contributed by atoms with Gasteiger partial charge in [-0.2, -0.15) is 0 Å². The highest BCUT2D eigenvalue weighted by molar-refractivity contribution is 5.82. The minimum absolute atomic E-state index is 0.318. The fourth-order valence-corrected chi connectivity index (χ4v) is 4.14. The molecule has 25 heavy (non-hydrogen) atoms. The molecule has 2 aliphatic rings. The SMILES string of the molecule is Cc1cc(O)c2c(c1)OC(C)(C)C1=C2CN(Cc2ccccc2)CC1. The van der Waals surface area contributed by atoms with Gasteiger partial charge in [0.15, 0.2) is 0 Å². The number of phenolic OH excluding ortho intramolecular Hbond substituents is 1. The Bertz CT molecular complexity index is 837. The van der Waals surface area contributed by atoms with Crippen molar-refractivity contribution < 1.29 is 9.84 Å². The molecular weight excluding hydrogens is 310 g/mol. The molecule has 0 saturated heterocycles. The summed E-state index contributed by atoms with van der Waals surface area (Å²) in [6.07, 6.45) is 0.974. The molecule has 0 aliphatic carbocycles. The summed E-state index contributed by atoms with van der Waals surface area (Å²) in [5, 5.41) is 10.6. The average molecular weight is 335 g/mol. The molecule has 0 bridgehead atoms. The van der Waals surface area contributed by atoms with Gasteiger partial charge in [-0.05, 0) is 61.6 Å². The number of aromatic hydroxyl groups is 1. The topological polar surface area (TPSA) is 32.7 Å². The van der Waals surface area contributed by atoms with Gasteiger partial charge in [0.05, 0.1) is 5.56 Å². The van der Waals surface area contributed by atoms with Crippen molar-refractivity contribution in [3.05, 3.63) is 64.7 Å². The van der Waals surface area contributed by atoms with E-state index in [0.29, 0.717) is 5.75 Å². The van der Waals surface area contributed by atoms with Crippen molar-refractivity contribution in [2.45, 2.75) is 39.3 Å². The van der Waals surface area contributed by atoms with Gasteiger partial charge in [0.25, 0.3) is 0 Å². The van der Waals surface area contributed by atoms with Gasteiger partial charge in [0.1, 0.15) is 17.1 Å². The zero-order chi connectivity index (χ0) is 17.6. The highest BCUT2D eigenvalue weighted by atomic mass is 16.5. The van der Waals surface area contributed by atoms with E-state index in [4.69, 9.17) is 4.74 Å². The van der Waals surface area contributed by atoms with E-state index in [1.807, 2.05) is 19.1 Å². The minimum atomic E-state index is -0.318. The summed E-state index contributed by atoms with van der Waals surface area (Å²) < 4.78 is 6.27. The summed E-state index contributed by atoms with van der Waals surface area (Å²) in [5.41, 5.74) is 5.48. The highest BCUT2D eigenvalue weighted by Crippen LogP contribution is 2.48. The molecule has 4 rings (SSSR count). The molecule has 130 valence electrons. The molecule has 0 aromatic heterocycles. The van der Waals surface area contributed by atoms with E-state index in [2.05, 4.69) is 49.1 Å². The lowest BCUT2D eigenvalue weighted by Crippen LogP contribution is -2.42. The summed E-state index contributed by atoms with van der Waals surface area (Å²) in [7, 11) is 0. The summed E-state index contributed by atoms with van der Waals surface area (Å²) in [4.78, 5) is 2.46. The van der Waals surface area contributed by atoms with Crippen LogP contribution in [0.25, 0.3) is 5.57 Å². The number of ether oxygens (including phenoxy) is 1. The predicted molar refractivity (Wildman–Crippen MR) is 101 cm³/mol. The third-order valence-corrected chi connectivity index (χ3v) is 5.29. The van der Waals surface area contributed by atoms with Crippen molar-refractivity contribution in [1.29, 1.82) is 0 Å². The largest absolute Gasteiger partial charge is 0.507 e. The Hall–Kier alpha value is -2.26. The first-order chi connectivity index (χ1) is 11.9. The predicted octanol–water partition coefficient (Wildman–Crippen LogP) is 4.53. The van der Waals surface area contributed by atoms with Gasteiger partial charge >= 0.3 is 0 Å². The lowest BCUT2D eigenvalue weighted by Gasteiger charge is -2.42. The molecule has 0 amide bonds. The van der Waals surface area contributed by atoms with E-state index in [1.165, 1.54) is 16.7 Å². The number of nitrogens with zero attached hydrogens (tertiary/aromatic N) is 1. The van der Waals surface area contributed by atoms with Gasteiger partial charge in [0.2, 0.25) is 0 Å². The Balaban J connectivity index is 1.72. The van der Waals surface area contributed by atoms with Crippen molar-refractivity contribution in [1.82, 2.24) is 4.90 Å². The molecule has 0 fully saturated rings. The first-order valence-corrected chi connectivity index (χ1v) is 8.96. The van der Waals surface area contributed by atoms with Gasteiger partial charge in [0, 0.05) is 19.6 Å². The summed E-state index contributed by atoms with van der Waals surface area (Å²) in [5.74, 6) is 1.14. The van der Waals surface area contributed by atoms with Gasteiger partial charge in [-0.25, -0.2) is 0 Å². The van der Waals surface area contributed by atoms with Crippen molar-refractivity contribution in [3.63, 3.8) is 0 Å². The maximum Gasteiger partial charge on any atom is 0.132 e. The first-order valence-electron chi connectivity index (χ1n) is 8.96. The third-order valence-electron chi connectivity index (χ3n) is 5.29. The summed E-state index contributed by atoms with van der Waals surface area (Å²) >= 11 is 0. The normalized spacial score (nSPS) is 19.2. The van der Waals surface area contributed by atoms with Crippen LogP contribution >= 0.6 is 0 Å². The summed E-state index contributed by atoms with van der Waals surface area (Å²) in [6.45, 7) is 9.06. The highest BCUT2D eigenvalue weighted by Gasteiger charge is 2.38. The average Bonchev–Trinajstić information content (AvgIpc) is 2.54. The molecule has 0 saturated carbocycles. The van der Waals surface area contributed by atoms with Crippen LogP contribution < -0.4 is 4.74 Å². The van der Waals surface area contributed by atoms with Crippen molar-refractivity contribution >= 4 is 5.57 Å². The van der Waals surface area contributed by atoms with E-state index in [-0.39, 0.29) is 5.60 Å². The lowest BCUT2D eigenvalue weighted by molar-refractivity contribution is 0.129. The van der Waals surface area contributed by atoms with Crippen LogP contribution in [0.15, 0.2) is 48.0 Å². The maximum absolute atomic E-state index is 10.6. The molecule has 0 unspecified atom stereocenters. The van der Waals surface area contributed by atoms with Crippen molar-refractivity contribution in [2.75, 3.05) is 13.1 Å². The summed E-state index contributed by atoms with van der Waals surface area (Å²) in [6, 6.07) is 14.5. The molecule has 0 atom stereocenters. The maximum atomic E-state index is 10.6. The molecular formula is C22H25NO2. The van der Waals surface area contributed by atoms with Crippen LogP contribution in [0, 0.1) is 6.92 Å². The van der Waals surface area contributed by atoms with Crippen LogP contribution in [0.3, 0.4) is 0 Å². The van der Waals surface area contributed by atoms with E-state index < -0.39 is 0 Å². The number of rotatable bonds is 2. The second-order valence-electron chi connectivity index (χ2n) is 7.67. The van der Waals surface area contributed by atoms with Crippen LogP contribution in [0.2, 0.25) is 0 Å². The van der Waals surface area contributed by atoms with Gasteiger partial charge in [-0.15, -0.1) is 0 Å². The van der Waals surface area contributed by atoms with Crippen molar-refractivity contribution in [3.8, 4) is 11.5 Å². The van der Waals surface area contributed by atoms with E-state index in [9.17, 15) is 5.11 Å². The van der Waals surface area contributed by atoms with E-state index >= 15 is 0 Å². The fraction of sp³-hybridized carbons (Fsp3) is 0.364. The molecule has 0 spiro atoms. The molecule has 2 heterocycles. The Morgan fingerprint density at radius 2 is 1.92 bits per heavy atom. The second kappa shape index (κ2) is 5.92. The first kappa shape index (κ1) is 16.2. The minimum Gasteiger partial charge on any atom is -0.507 e. The molecule has 3 heteroatoms. The Labute approximate surface area is 149 Å².